The lowest BCUT2D eigenvalue weighted by molar-refractivity contribution is -0.156. The van der Waals surface area contributed by atoms with Crippen LogP contribution in [0.3, 0.4) is 0 Å². The minimum absolute atomic E-state index is 0.178. The lowest BCUT2D eigenvalue weighted by Crippen LogP contribution is -2.52. The first-order valence-corrected chi connectivity index (χ1v) is 10.5. The van der Waals surface area contributed by atoms with Gasteiger partial charge in [-0.05, 0) is 38.8 Å². The number of anilines is 1. The molecule has 1 aromatic carbocycles. The van der Waals surface area contributed by atoms with E-state index in [4.69, 9.17) is 9.47 Å². The van der Waals surface area contributed by atoms with Crippen LogP contribution in [0.4, 0.5) is 5.69 Å². The zero-order valence-corrected chi connectivity index (χ0v) is 18.2. The molecule has 1 saturated heterocycles. The van der Waals surface area contributed by atoms with Gasteiger partial charge in [0, 0.05) is 25.2 Å². The van der Waals surface area contributed by atoms with Gasteiger partial charge in [-0.3, -0.25) is 24.5 Å². The zero-order chi connectivity index (χ0) is 22.6. The number of carbonyl (C=O) groups excluding carboxylic acids is 4. The third kappa shape index (κ3) is 5.81. The largest absolute Gasteiger partial charge is 0.460 e. The van der Waals surface area contributed by atoms with Gasteiger partial charge in [-0.1, -0.05) is 12.1 Å². The average Bonchev–Trinajstić information content (AvgIpc) is 3.00. The molecular weight excluding hydrogens is 402 g/mol. The Hall–Kier alpha value is -2.94. The van der Waals surface area contributed by atoms with Crippen LogP contribution in [0.1, 0.15) is 56.0 Å². The summed E-state index contributed by atoms with van der Waals surface area (Å²) < 4.78 is 10.7. The van der Waals surface area contributed by atoms with Crippen molar-refractivity contribution < 1.29 is 28.7 Å². The first-order chi connectivity index (χ1) is 14.7. The van der Waals surface area contributed by atoms with Gasteiger partial charge < -0.3 is 19.7 Å². The number of benzene rings is 1. The third-order valence-corrected chi connectivity index (χ3v) is 4.98. The molecule has 1 atom stereocenters. The van der Waals surface area contributed by atoms with Crippen molar-refractivity contribution >= 4 is 29.4 Å². The molecule has 0 bridgehead atoms. The molecule has 2 heterocycles. The van der Waals surface area contributed by atoms with Crippen LogP contribution in [0.5, 0.6) is 0 Å². The molecule has 2 aliphatic heterocycles. The van der Waals surface area contributed by atoms with E-state index in [1.165, 1.54) is 4.90 Å². The number of nitrogens with one attached hydrogen (secondary N) is 2. The Balaban J connectivity index is 1.49. The first kappa shape index (κ1) is 22.7. The number of hydrogen-bond acceptors (Lipinski definition) is 7. The van der Waals surface area contributed by atoms with Crippen molar-refractivity contribution in [1.29, 1.82) is 0 Å². The lowest BCUT2D eigenvalue weighted by atomic mass is 10.0. The number of fused-ring (bicyclic) bond motifs is 1. The number of esters is 1. The fourth-order valence-electron chi connectivity index (χ4n) is 3.67. The second-order valence-electron chi connectivity index (χ2n) is 8.62. The van der Waals surface area contributed by atoms with Gasteiger partial charge in [0.1, 0.15) is 11.6 Å². The van der Waals surface area contributed by atoms with Crippen LogP contribution in [-0.2, 0) is 30.4 Å². The summed E-state index contributed by atoms with van der Waals surface area (Å²) in [6.07, 6.45) is 0.734. The number of ether oxygens (including phenoxy) is 2. The van der Waals surface area contributed by atoms with Crippen LogP contribution in [0.15, 0.2) is 18.2 Å². The Labute approximate surface area is 181 Å². The Morgan fingerprint density at radius 2 is 2.00 bits per heavy atom. The van der Waals surface area contributed by atoms with E-state index in [0.717, 1.165) is 5.56 Å². The fraction of sp³-hybridized carbons (Fsp3) is 0.545. The maximum absolute atomic E-state index is 13.0. The van der Waals surface area contributed by atoms with E-state index in [2.05, 4.69) is 10.6 Å². The summed E-state index contributed by atoms with van der Waals surface area (Å²) >= 11 is 0. The lowest BCUT2D eigenvalue weighted by Gasteiger charge is -2.29. The van der Waals surface area contributed by atoms with E-state index in [1.807, 2.05) is 39.0 Å². The fourth-order valence-corrected chi connectivity index (χ4v) is 3.67. The highest BCUT2D eigenvalue weighted by Gasteiger charge is 2.40. The molecule has 9 nitrogen and oxygen atoms in total. The third-order valence-electron chi connectivity index (χ3n) is 4.98. The van der Waals surface area contributed by atoms with Crippen LogP contribution in [0.25, 0.3) is 0 Å². The summed E-state index contributed by atoms with van der Waals surface area (Å²) in [6.45, 7) is 6.85. The van der Waals surface area contributed by atoms with E-state index in [9.17, 15) is 19.2 Å². The minimum Gasteiger partial charge on any atom is -0.460 e. The highest BCUT2D eigenvalue weighted by Crippen LogP contribution is 2.32. The molecule has 2 aliphatic rings. The van der Waals surface area contributed by atoms with Crippen LogP contribution < -0.4 is 10.6 Å². The van der Waals surface area contributed by atoms with Gasteiger partial charge >= 0.3 is 5.97 Å². The maximum atomic E-state index is 13.0. The highest BCUT2D eigenvalue weighted by atomic mass is 16.6. The van der Waals surface area contributed by atoms with Gasteiger partial charge in [0.05, 0.1) is 25.2 Å². The molecule has 1 fully saturated rings. The van der Waals surface area contributed by atoms with Crippen LogP contribution in [-0.4, -0.2) is 60.0 Å². The van der Waals surface area contributed by atoms with Crippen LogP contribution in [0.2, 0.25) is 0 Å². The van der Waals surface area contributed by atoms with Crippen molar-refractivity contribution in [2.75, 3.05) is 25.1 Å². The maximum Gasteiger partial charge on any atom is 0.308 e. The van der Waals surface area contributed by atoms with Crippen molar-refractivity contribution in [3.8, 4) is 0 Å². The Morgan fingerprint density at radius 1 is 1.23 bits per heavy atom. The van der Waals surface area contributed by atoms with Crippen molar-refractivity contribution in [3.05, 3.63) is 29.3 Å². The molecule has 0 radical (unpaired) electrons. The summed E-state index contributed by atoms with van der Waals surface area (Å²) in [7, 11) is 0. The second kappa shape index (κ2) is 9.47. The molecule has 0 aliphatic carbocycles. The number of piperidine rings is 1. The summed E-state index contributed by atoms with van der Waals surface area (Å²) in [5, 5.41) is 5.51. The molecule has 31 heavy (non-hydrogen) atoms. The number of hydrogen-bond donors (Lipinski definition) is 2. The molecule has 0 saturated carbocycles. The summed E-state index contributed by atoms with van der Waals surface area (Å²) in [5.74, 6) is -1.26. The minimum atomic E-state index is -0.637. The molecule has 3 amide bonds. The number of carbonyl (C=O) groups is 4. The van der Waals surface area contributed by atoms with Gasteiger partial charge in [0.2, 0.25) is 11.8 Å². The van der Waals surface area contributed by atoms with Crippen molar-refractivity contribution in [2.24, 2.45) is 0 Å². The monoisotopic (exact) mass is 431 g/mol. The molecule has 0 spiro atoms. The molecule has 168 valence electrons. The average molecular weight is 431 g/mol. The Kier molecular flexibility index (Phi) is 6.94. The normalized spacial score (nSPS) is 18.6. The number of nitrogens with zero attached hydrogens (tertiary/aromatic N) is 1. The Bertz CT molecular complexity index is 876. The predicted molar refractivity (Wildman–Crippen MR) is 112 cm³/mol. The summed E-state index contributed by atoms with van der Waals surface area (Å²) in [5.41, 5.74) is 1.54. The second-order valence-corrected chi connectivity index (χ2v) is 8.62. The standard InChI is InChI=1S/C22H29N3O6/c1-22(2,3)31-18(27)9-11-30-12-10-23-15-6-4-5-14-13-25(21(29)19(14)15)16-7-8-17(26)24-20(16)28/h4-6,16,23H,7-13H2,1-3H3,(H,24,26,28). The molecular formula is C22H29N3O6. The van der Waals surface area contributed by atoms with Crippen molar-refractivity contribution in [2.45, 2.75) is 58.2 Å². The number of amides is 3. The van der Waals surface area contributed by atoms with E-state index in [0.29, 0.717) is 37.4 Å². The predicted octanol–water partition coefficient (Wildman–Crippen LogP) is 1.61. The van der Waals surface area contributed by atoms with Gasteiger partial charge in [-0.25, -0.2) is 0 Å². The van der Waals surface area contributed by atoms with Crippen LogP contribution >= 0.6 is 0 Å². The number of rotatable bonds is 8. The summed E-state index contributed by atoms with van der Waals surface area (Å²) in [6, 6.07) is 4.89. The van der Waals surface area contributed by atoms with Gasteiger partial charge in [0.25, 0.3) is 5.91 Å². The van der Waals surface area contributed by atoms with Gasteiger partial charge in [-0.15, -0.1) is 0 Å². The molecule has 1 aromatic rings. The van der Waals surface area contributed by atoms with Crippen LogP contribution in [0, 0.1) is 0 Å². The first-order valence-electron chi connectivity index (χ1n) is 10.5. The molecule has 9 heteroatoms. The summed E-state index contributed by atoms with van der Waals surface area (Å²) in [4.78, 5) is 49.8. The topological polar surface area (TPSA) is 114 Å². The van der Waals surface area contributed by atoms with Crippen molar-refractivity contribution in [3.63, 3.8) is 0 Å². The zero-order valence-electron chi connectivity index (χ0n) is 18.2. The molecule has 2 N–H and O–H groups in total. The van der Waals surface area contributed by atoms with E-state index in [1.54, 1.807) is 0 Å². The van der Waals surface area contributed by atoms with E-state index < -0.39 is 17.6 Å². The highest BCUT2D eigenvalue weighted by molar-refractivity contribution is 6.07. The quantitative estimate of drug-likeness (QED) is 0.365. The van der Waals surface area contributed by atoms with Crippen molar-refractivity contribution in [1.82, 2.24) is 10.2 Å². The van der Waals surface area contributed by atoms with E-state index in [-0.39, 0.29) is 37.2 Å². The smallest absolute Gasteiger partial charge is 0.308 e. The SMILES string of the molecule is CC(C)(C)OC(=O)CCOCCNc1cccc2c1C(=O)N(C1CCC(=O)NC1=O)C2. The molecule has 0 aromatic heterocycles. The number of imide groups is 1. The molecule has 1 unspecified atom stereocenters. The Morgan fingerprint density at radius 3 is 2.71 bits per heavy atom. The van der Waals surface area contributed by atoms with Gasteiger partial charge in [0.15, 0.2) is 0 Å². The molecule has 3 rings (SSSR count). The van der Waals surface area contributed by atoms with E-state index >= 15 is 0 Å². The van der Waals surface area contributed by atoms with Gasteiger partial charge in [-0.2, -0.15) is 0 Å².